The van der Waals surface area contributed by atoms with Crippen LogP contribution in [0.15, 0.2) is 47.3 Å². The summed E-state index contributed by atoms with van der Waals surface area (Å²) in [4.78, 5) is 11.8. The van der Waals surface area contributed by atoms with Crippen LogP contribution in [0.2, 0.25) is 0 Å². The first-order valence-corrected chi connectivity index (χ1v) is 6.17. The van der Waals surface area contributed by atoms with Gasteiger partial charge in [0.2, 0.25) is 0 Å². The van der Waals surface area contributed by atoms with Crippen LogP contribution in [0.5, 0.6) is 0 Å². The zero-order chi connectivity index (χ0) is 12.5. The third-order valence-corrected chi connectivity index (χ3v) is 3.10. The summed E-state index contributed by atoms with van der Waals surface area (Å²) in [5, 5.41) is 0. The van der Waals surface area contributed by atoms with Crippen LogP contribution in [0.4, 0.5) is 0 Å². The molecule has 0 bridgehead atoms. The number of hydrogen-bond acceptors (Lipinski definition) is 1. The monoisotopic (exact) mass is 238 g/mol. The standard InChI is InChI=1S/C15H14N2O/c1-2-6-13-11-15(18)16-10-9-14(17(13)16)12-7-4-3-5-8-12/h3-5,7-9,11H,2,6H2,1H3. The molecule has 0 saturated heterocycles. The zero-order valence-electron chi connectivity index (χ0n) is 10.3. The van der Waals surface area contributed by atoms with Gasteiger partial charge in [-0.2, -0.15) is 0 Å². The van der Waals surface area contributed by atoms with E-state index in [1.54, 1.807) is 10.7 Å². The maximum Gasteiger partial charge on any atom is 0.268 e. The van der Waals surface area contributed by atoms with Gasteiger partial charge in [0.1, 0.15) is 6.54 Å². The Hall–Kier alpha value is -2.03. The van der Waals surface area contributed by atoms with Crippen molar-refractivity contribution in [3.05, 3.63) is 70.6 Å². The molecule has 2 aromatic rings. The van der Waals surface area contributed by atoms with Crippen molar-refractivity contribution in [1.29, 1.82) is 0 Å². The molecule has 0 saturated carbocycles. The highest BCUT2D eigenvalue weighted by molar-refractivity contribution is 5.69. The van der Waals surface area contributed by atoms with Crippen LogP contribution in [0, 0.1) is 6.54 Å². The summed E-state index contributed by atoms with van der Waals surface area (Å²) in [5.41, 5.74) is 3.15. The third-order valence-electron chi connectivity index (χ3n) is 3.10. The van der Waals surface area contributed by atoms with Crippen LogP contribution in [-0.2, 0) is 6.42 Å². The second kappa shape index (κ2) is 4.33. The van der Waals surface area contributed by atoms with E-state index in [-0.39, 0.29) is 5.56 Å². The van der Waals surface area contributed by atoms with Crippen LogP contribution < -0.4 is 5.56 Å². The van der Waals surface area contributed by atoms with Gasteiger partial charge in [-0.1, -0.05) is 43.7 Å². The van der Waals surface area contributed by atoms with E-state index >= 15 is 0 Å². The van der Waals surface area contributed by atoms with Crippen LogP contribution in [0.25, 0.3) is 5.70 Å². The zero-order valence-corrected chi connectivity index (χ0v) is 10.3. The Morgan fingerprint density at radius 1 is 1.22 bits per heavy atom. The van der Waals surface area contributed by atoms with Crippen LogP contribution in [-0.4, -0.2) is 9.36 Å². The predicted molar refractivity (Wildman–Crippen MR) is 71.1 cm³/mol. The highest BCUT2D eigenvalue weighted by atomic mass is 16.1. The van der Waals surface area contributed by atoms with Crippen LogP contribution in [0.1, 0.15) is 24.6 Å². The lowest BCUT2D eigenvalue weighted by Gasteiger charge is -2.11. The fourth-order valence-electron chi connectivity index (χ4n) is 2.31. The highest BCUT2D eigenvalue weighted by Gasteiger charge is 2.20. The van der Waals surface area contributed by atoms with Gasteiger partial charge < -0.3 is 0 Å². The minimum absolute atomic E-state index is 0.0133. The summed E-state index contributed by atoms with van der Waals surface area (Å²) >= 11 is 0. The number of rotatable bonds is 3. The van der Waals surface area contributed by atoms with Gasteiger partial charge in [0, 0.05) is 11.8 Å². The number of allylic oxidation sites excluding steroid dienone is 1. The number of aryl methyl sites for hydroxylation is 1. The molecule has 0 N–H and O–H groups in total. The van der Waals surface area contributed by atoms with Crippen LogP contribution in [0.3, 0.4) is 0 Å². The maximum absolute atomic E-state index is 11.8. The third kappa shape index (κ3) is 1.63. The summed E-state index contributed by atoms with van der Waals surface area (Å²) in [5.74, 6) is 0. The molecule has 1 aliphatic rings. The normalized spacial score (nSPS) is 13.5. The Bertz CT molecular complexity index is 647. The van der Waals surface area contributed by atoms with Gasteiger partial charge in [0.05, 0.1) is 5.70 Å². The molecule has 0 fully saturated rings. The van der Waals surface area contributed by atoms with Crippen LogP contribution >= 0.6 is 0 Å². The Morgan fingerprint density at radius 2 is 2.00 bits per heavy atom. The van der Waals surface area contributed by atoms with Crippen molar-refractivity contribution in [1.82, 2.24) is 9.36 Å². The van der Waals surface area contributed by atoms with Crippen molar-refractivity contribution in [2.45, 2.75) is 19.8 Å². The molecule has 1 aromatic carbocycles. The highest BCUT2D eigenvalue weighted by Crippen LogP contribution is 2.24. The molecule has 0 amide bonds. The van der Waals surface area contributed by atoms with E-state index in [0.717, 1.165) is 29.8 Å². The Morgan fingerprint density at radius 3 is 2.72 bits per heavy atom. The quantitative estimate of drug-likeness (QED) is 0.806. The number of hydrogen-bond donors (Lipinski definition) is 0. The number of benzene rings is 1. The first kappa shape index (κ1) is 11.1. The fraction of sp³-hybridized carbons (Fsp3) is 0.200. The van der Waals surface area contributed by atoms with E-state index in [9.17, 15) is 4.79 Å². The average Bonchev–Trinajstić information content (AvgIpc) is 2.94. The summed E-state index contributed by atoms with van der Waals surface area (Å²) in [6.07, 6.45) is 3.79. The molecule has 2 radical (unpaired) electrons. The lowest BCUT2D eigenvalue weighted by Crippen LogP contribution is -2.16. The second-order valence-electron chi connectivity index (χ2n) is 4.37. The molecule has 0 unspecified atom stereocenters. The van der Waals surface area contributed by atoms with Crippen molar-refractivity contribution in [3.63, 3.8) is 0 Å². The van der Waals surface area contributed by atoms with Gasteiger partial charge in [-0.05, 0) is 18.1 Å². The number of aromatic nitrogens is 2. The molecule has 1 aliphatic heterocycles. The lowest BCUT2D eigenvalue weighted by molar-refractivity contribution is 0.693. The van der Waals surface area contributed by atoms with E-state index in [0.29, 0.717) is 0 Å². The molecule has 0 aliphatic carbocycles. The van der Waals surface area contributed by atoms with Crippen molar-refractivity contribution in [2.75, 3.05) is 0 Å². The molecular formula is C15H14N2O. The van der Waals surface area contributed by atoms with Crippen molar-refractivity contribution < 1.29 is 0 Å². The Labute approximate surface area is 106 Å². The van der Waals surface area contributed by atoms with Crippen molar-refractivity contribution in [3.8, 4) is 0 Å². The van der Waals surface area contributed by atoms with E-state index in [4.69, 9.17) is 0 Å². The topological polar surface area (TPSA) is 26.9 Å². The summed E-state index contributed by atoms with van der Waals surface area (Å²) in [7, 11) is 0. The predicted octanol–water partition coefficient (Wildman–Crippen LogP) is 2.39. The first-order valence-electron chi connectivity index (χ1n) is 6.17. The SMILES string of the molecule is CCCc1cc(=O)n2n1C(c1ccccc1)=C[C]2. The molecule has 90 valence electrons. The maximum atomic E-state index is 11.8. The Balaban J connectivity index is 2.12. The summed E-state index contributed by atoms with van der Waals surface area (Å²) in [6, 6.07) is 11.8. The minimum atomic E-state index is -0.0133. The molecule has 18 heavy (non-hydrogen) atoms. The van der Waals surface area contributed by atoms with Crippen molar-refractivity contribution in [2.24, 2.45) is 0 Å². The summed E-state index contributed by atoms with van der Waals surface area (Å²) in [6.45, 7) is 5.12. The molecule has 3 nitrogen and oxygen atoms in total. The largest absolute Gasteiger partial charge is 0.268 e. The van der Waals surface area contributed by atoms with E-state index in [2.05, 4.69) is 13.5 Å². The van der Waals surface area contributed by atoms with Gasteiger partial charge in [-0.3, -0.25) is 9.48 Å². The molecule has 3 heteroatoms. The fourth-order valence-corrected chi connectivity index (χ4v) is 2.31. The van der Waals surface area contributed by atoms with Gasteiger partial charge in [0.15, 0.2) is 0 Å². The molecule has 0 spiro atoms. The second-order valence-corrected chi connectivity index (χ2v) is 4.37. The Kier molecular flexibility index (Phi) is 2.67. The van der Waals surface area contributed by atoms with Gasteiger partial charge in [0.25, 0.3) is 5.56 Å². The van der Waals surface area contributed by atoms with E-state index in [1.165, 1.54) is 0 Å². The molecular weight excluding hydrogens is 224 g/mol. The lowest BCUT2D eigenvalue weighted by atomic mass is 10.1. The minimum Gasteiger partial charge on any atom is -0.268 e. The van der Waals surface area contributed by atoms with Crippen molar-refractivity contribution >= 4 is 5.70 Å². The van der Waals surface area contributed by atoms with E-state index < -0.39 is 0 Å². The number of fused-ring (bicyclic) bond motifs is 1. The molecule has 3 rings (SSSR count). The van der Waals surface area contributed by atoms with Gasteiger partial charge in [-0.15, -0.1) is 0 Å². The molecule has 1 aromatic heterocycles. The molecule has 2 heterocycles. The smallest absolute Gasteiger partial charge is 0.268 e. The van der Waals surface area contributed by atoms with Gasteiger partial charge >= 0.3 is 0 Å². The van der Waals surface area contributed by atoms with Gasteiger partial charge in [-0.25, -0.2) is 4.68 Å². The number of nitrogens with zero attached hydrogens (tertiary/aromatic N) is 2. The molecule has 0 atom stereocenters. The first-order chi connectivity index (χ1) is 8.81. The average molecular weight is 238 g/mol. The van der Waals surface area contributed by atoms with E-state index in [1.807, 2.05) is 41.1 Å². The summed E-state index contributed by atoms with van der Waals surface area (Å²) < 4.78 is 3.51.